The molecule has 152 valence electrons. The van der Waals surface area contributed by atoms with Gasteiger partial charge in [-0.25, -0.2) is 4.72 Å². The van der Waals surface area contributed by atoms with Crippen LogP contribution in [0.5, 0.6) is 0 Å². The second kappa shape index (κ2) is 10.6. The zero-order valence-corrected chi connectivity index (χ0v) is 17.1. The van der Waals surface area contributed by atoms with Gasteiger partial charge in [0.15, 0.2) is 0 Å². The van der Waals surface area contributed by atoms with Crippen molar-refractivity contribution < 1.29 is 17.9 Å². The molecule has 8 heteroatoms. The molecule has 1 aliphatic rings. The number of anilines is 1. The number of benzene rings is 1. The predicted molar refractivity (Wildman–Crippen MR) is 107 cm³/mol. The quantitative estimate of drug-likeness (QED) is 0.483. The Labute approximate surface area is 162 Å². The lowest BCUT2D eigenvalue weighted by atomic mass is 10.0. The third-order valence-corrected chi connectivity index (χ3v) is 6.32. The monoisotopic (exact) mass is 397 g/mol. The molecule has 1 N–H and O–H groups in total. The van der Waals surface area contributed by atoms with Gasteiger partial charge in [-0.15, -0.1) is 0 Å². The number of ether oxygens (including phenoxy) is 1. The Kier molecular flexibility index (Phi) is 8.53. The molecule has 1 aromatic carbocycles. The number of hydrogen-bond donors (Lipinski definition) is 1. The van der Waals surface area contributed by atoms with Crippen molar-refractivity contribution in [1.82, 2.24) is 9.03 Å². The topological polar surface area (TPSA) is 78.9 Å². The lowest BCUT2D eigenvalue weighted by molar-refractivity contribution is -0.149. The highest BCUT2D eigenvalue weighted by molar-refractivity contribution is 7.87. The largest absolute Gasteiger partial charge is 0.466 e. The average molecular weight is 398 g/mol. The number of esters is 1. The van der Waals surface area contributed by atoms with Gasteiger partial charge in [0.2, 0.25) is 0 Å². The van der Waals surface area contributed by atoms with E-state index in [4.69, 9.17) is 4.74 Å². The first-order valence-corrected chi connectivity index (χ1v) is 11.1. The van der Waals surface area contributed by atoms with E-state index in [1.165, 1.54) is 4.31 Å². The SMILES string of the molecule is CCOC(=O)[C@H]1CCCN(S(=O)(=O)NCCCN(CC)c2ccccc2)C1. The molecule has 1 heterocycles. The fourth-order valence-corrected chi connectivity index (χ4v) is 4.61. The maximum Gasteiger partial charge on any atom is 0.310 e. The molecule has 0 saturated carbocycles. The fourth-order valence-electron chi connectivity index (χ4n) is 3.28. The van der Waals surface area contributed by atoms with Gasteiger partial charge in [-0.1, -0.05) is 18.2 Å². The molecule has 0 spiro atoms. The Bertz CT molecular complexity index is 681. The summed E-state index contributed by atoms with van der Waals surface area (Å²) in [6.45, 7) is 6.79. The van der Waals surface area contributed by atoms with Gasteiger partial charge in [-0.3, -0.25) is 4.79 Å². The fraction of sp³-hybridized carbons (Fsp3) is 0.632. The van der Waals surface area contributed by atoms with Crippen LogP contribution in [0.15, 0.2) is 30.3 Å². The van der Waals surface area contributed by atoms with Crippen LogP contribution in [0.3, 0.4) is 0 Å². The van der Waals surface area contributed by atoms with Crippen molar-refractivity contribution in [1.29, 1.82) is 0 Å². The lowest BCUT2D eigenvalue weighted by Gasteiger charge is -2.30. The molecule has 1 aromatic rings. The first-order valence-electron chi connectivity index (χ1n) is 9.69. The number of carbonyl (C=O) groups is 1. The van der Waals surface area contributed by atoms with Crippen LogP contribution in [0, 0.1) is 5.92 Å². The predicted octanol–water partition coefficient (Wildman–Crippen LogP) is 2.01. The first-order chi connectivity index (χ1) is 13.0. The molecule has 0 aromatic heterocycles. The van der Waals surface area contributed by atoms with Crippen molar-refractivity contribution in [2.75, 3.05) is 44.2 Å². The first kappa shape index (κ1) is 21.7. The number of nitrogens with one attached hydrogen (secondary N) is 1. The Morgan fingerprint density at radius 1 is 1.30 bits per heavy atom. The molecular formula is C19H31N3O4S. The molecule has 0 radical (unpaired) electrons. The summed E-state index contributed by atoms with van der Waals surface area (Å²) in [5.74, 6) is -0.678. The standard InChI is InChI=1S/C19H31N3O4S/c1-3-21(18-11-6-5-7-12-18)14-9-13-20-27(24,25)22-15-8-10-17(16-22)19(23)26-4-2/h5-7,11-12,17,20H,3-4,8-10,13-16H2,1-2H3/t17-/m0/s1. The van der Waals surface area contributed by atoms with E-state index in [9.17, 15) is 13.2 Å². The maximum absolute atomic E-state index is 12.5. The van der Waals surface area contributed by atoms with Crippen LogP contribution in [0.1, 0.15) is 33.1 Å². The molecule has 1 atom stereocenters. The average Bonchev–Trinajstić information content (AvgIpc) is 2.69. The van der Waals surface area contributed by atoms with E-state index < -0.39 is 10.2 Å². The van der Waals surface area contributed by atoms with Crippen molar-refractivity contribution in [3.63, 3.8) is 0 Å². The summed E-state index contributed by atoms with van der Waals surface area (Å²) < 4.78 is 34.2. The smallest absolute Gasteiger partial charge is 0.310 e. The summed E-state index contributed by atoms with van der Waals surface area (Å²) in [5, 5.41) is 0. The maximum atomic E-state index is 12.5. The summed E-state index contributed by atoms with van der Waals surface area (Å²) in [6.07, 6.45) is 2.05. The normalized spacial score (nSPS) is 18.2. The number of nitrogens with zero attached hydrogens (tertiary/aromatic N) is 2. The molecule has 1 aliphatic heterocycles. The zero-order chi connectivity index (χ0) is 19.7. The van der Waals surface area contributed by atoms with Gasteiger partial charge in [0.05, 0.1) is 12.5 Å². The molecular weight excluding hydrogens is 366 g/mol. The third-order valence-electron chi connectivity index (χ3n) is 4.74. The number of piperidine rings is 1. The number of rotatable bonds is 10. The molecule has 7 nitrogen and oxygen atoms in total. The summed E-state index contributed by atoms with van der Waals surface area (Å²) >= 11 is 0. The second-order valence-corrected chi connectivity index (χ2v) is 8.37. The van der Waals surface area contributed by atoms with Gasteiger partial charge in [0, 0.05) is 38.4 Å². The van der Waals surface area contributed by atoms with Crippen LogP contribution < -0.4 is 9.62 Å². The van der Waals surface area contributed by atoms with Gasteiger partial charge in [-0.05, 0) is 45.2 Å². The Hall–Kier alpha value is -1.64. The minimum absolute atomic E-state index is 0.194. The van der Waals surface area contributed by atoms with Crippen molar-refractivity contribution in [3.8, 4) is 0 Å². The molecule has 1 saturated heterocycles. The minimum atomic E-state index is -3.58. The molecule has 27 heavy (non-hydrogen) atoms. The highest BCUT2D eigenvalue weighted by atomic mass is 32.2. The van der Waals surface area contributed by atoms with Gasteiger partial charge < -0.3 is 9.64 Å². The van der Waals surface area contributed by atoms with Crippen LogP contribution in [-0.4, -0.2) is 58.0 Å². The van der Waals surface area contributed by atoms with Crippen LogP contribution in [-0.2, 0) is 19.7 Å². The lowest BCUT2D eigenvalue weighted by Crippen LogP contribution is -2.48. The Balaban J connectivity index is 1.81. The van der Waals surface area contributed by atoms with E-state index in [1.807, 2.05) is 18.2 Å². The Morgan fingerprint density at radius 2 is 2.04 bits per heavy atom. The molecule has 0 aliphatic carbocycles. The van der Waals surface area contributed by atoms with Crippen LogP contribution in [0.4, 0.5) is 5.69 Å². The molecule has 0 unspecified atom stereocenters. The van der Waals surface area contributed by atoms with Crippen LogP contribution in [0.25, 0.3) is 0 Å². The number of carbonyl (C=O) groups excluding carboxylic acids is 1. The van der Waals surface area contributed by atoms with Crippen molar-refractivity contribution in [2.45, 2.75) is 33.1 Å². The third kappa shape index (κ3) is 6.48. The van der Waals surface area contributed by atoms with E-state index in [2.05, 4.69) is 28.7 Å². The van der Waals surface area contributed by atoms with Gasteiger partial charge in [0.25, 0.3) is 10.2 Å². The van der Waals surface area contributed by atoms with Crippen molar-refractivity contribution >= 4 is 21.9 Å². The van der Waals surface area contributed by atoms with Gasteiger partial charge in [0.1, 0.15) is 0 Å². The van der Waals surface area contributed by atoms with E-state index in [0.29, 0.717) is 39.0 Å². The van der Waals surface area contributed by atoms with Gasteiger partial charge >= 0.3 is 5.97 Å². The second-order valence-electron chi connectivity index (χ2n) is 6.62. The minimum Gasteiger partial charge on any atom is -0.466 e. The molecule has 0 amide bonds. The van der Waals surface area contributed by atoms with E-state index in [0.717, 1.165) is 18.8 Å². The van der Waals surface area contributed by atoms with Crippen LogP contribution in [0.2, 0.25) is 0 Å². The van der Waals surface area contributed by atoms with E-state index in [1.54, 1.807) is 6.92 Å². The van der Waals surface area contributed by atoms with Crippen LogP contribution >= 0.6 is 0 Å². The summed E-state index contributed by atoms with van der Waals surface area (Å²) in [5.41, 5.74) is 1.14. The molecule has 1 fully saturated rings. The van der Waals surface area contributed by atoms with Crippen molar-refractivity contribution in [2.24, 2.45) is 5.92 Å². The molecule has 0 bridgehead atoms. The summed E-state index contributed by atoms with van der Waals surface area (Å²) in [6, 6.07) is 10.1. The summed E-state index contributed by atoms with van der Waals surface area (Å²) in [4.78, 5) is 14.1. The Morgan fingerprint density at radius 3 is 2.70 bits per heavy atom. The summed E-state index contributed by atoms with van der Waals surface area (Å²) in [7, 11) is -3.58. The van der Waals surface area contributed by atoms with E-state index in [-0.39, 0.29) is 18.4 Å². The highest BCUT2D eigenvalue weighted by Gasteiger charge is 2.32. The van der Waals surface area contributed by atoms with Gasteiger partial charge in [-0.2, -0.15) is 12.7 Å². The molecule has 2 rings (SSSR count). The number of para-hydroxylation sites is 1. The number of hydrogen-bond acceptors (Lipinski definition) is 5. The zero-order valence-electron chi connectivity index (χ0n) is 16.3. The van der Waals surface area contributed by atoms with E-state index >= 15 is 0 Å². The van der Waals surface area contributed by atoms with Crippen molar-refractivity contribution in [3.05, 3.63) is 30.3 Å². The highest BCUT2D eigenvalue weighted by Crippen LogP contribution is 2.20.